The summed E-state index contributed by atoms with van der Waals surface area (Å²) in [6.07, 6.45) is 17.7. The molecule has 0 radical (unpaired) electrons. The topological polar surface area (TPSA) is 37.3 Å². The van der Waals surface area contributed by atoms with Gasteiger partial charge in [-0.15, -0.1) is 0 Å². The number of benzene rings is 1. The summed E-state index contributed by atoms with van der Waals surface area (Å²) in [6.45, 7) is 9.55. The smallest absolute Gasteiger partial charge is 0.327 e. The van der Waals surface area contributed by atoms with Crippen molar-refractivity contribution in [1.82, 2.24) is 0 Å². The van der Waals surface area contributed by atoms with Gasteiger partial charge in [0.1, 0.15) is 0 Å². The van der Waals surface area contributed by atoms with Crippen molar-refractivity contribution in [3.63, 3.8) is 0 Å². The van der Waals surface area contributed by atoms with E-state index in [9.17, 15) is 4.79 Å². The molecule has 0 bridgehead atoms. The van der Waals surface area contributed by atoms with Gasteiger partial charge in [-0.25, -0.2) is 4.79 Å². The number of aryl methyl sites for hydroxylation is 1. The molecule has 0 heterocycles. The van der Waals surface area contributed by atoms with Gasteiger partial charge in [0.15, 0.2) is 0 Å². The average Bonchev–Trinajstić information content (AvgIpc) is 3.15. The van der Waals surface area contributed by atoms with Crippen molar-refractivity contribution < 1.29 is 9.90 Å². The van der Waals surface area contributed by atoms with E-state index >= 15 is 0 Å². The summed E-state index contributed by atoms with van der Waals surface area (Å²) in [4.78, 5) is 11.0. The summed E-state index contributed by atoms with van der Waals surface area (Å²) < 4.78 is 0. The van der Waals surface area contributed by atoms with E-state index in [1.54, 1.807) is 0 Å². The molecule has 0 aliphatic heterocycles. The molecule has 2 unspecified atom stereocenters. The number of hydrogen-bond acceptors (Lipinski definition) is 1. The lowest BCUT2D eigenvalue weighted by Gasteiger charge is -2.60. The van der Waals surface area contributed by atoms with Crippen LogP contribution < -0.4 is 0 Å². The molecule has 0 saturated heterocycles. The fourth-order valence-corrected chi connectivity index (χ4v) is 9.10. The number of aliphatic carboxylic acids is 1. The molecule has 1 N–H and O–H groups in total. The number of carbonyl (C=O) groups is 1. The van der Waals surface area contributed by atoms with Crippen LogP contribution in [-0.2, 0) is 4.79 Å². The zero-order valence-electron chi connectivity index (χ0n) is 21.4. The van der Waals surface area contributed by atoms with E-state index < -0.39 is 5.97 Å². The molecule has 0 spiro atoms. The molecule has 1 aromatic carbocycles. The zero-order chi connectivity index (χ0) is 23.6. The summed E-state index contributed by atoms with van der Waals surface area (Å²) in [5.74, 6) is 4.03. The van der Waals surface area contributed by atoms with Crippen LogP contribution in [0.15, 0.2) is 42.5 Å². The summed E-state index contributed by atoms with van der Waals surface area (Å²) in [6, 6.07) is 10.3. The quantitative estimate of drug-likeness (QED) is 0.470. The highest BCUT2D eigenvalue weighted by atomic mass is 16.4. The molecule has 8 atom stereocenters. The highest BCUT2D eigenvalue weighted by molar-refractivity contribution is 5.79. The van der Waals surface area contributed by atoms with Crippen LogP contribution in [0.25, 0.3) is 0 Å². The predicted octanol–water partition coefficient (Wildman–Crippen LogP) is 8.31. The first kappa shape index (κ1) is 24.6. The Morgan fingerprint density at radius 1 is 0.939 bits per heavy atom. The lowest BCUT2D eigenvalue weighted by molar-refractivity contribution is -0.131. The van der Waals surface area contributed by atoms with E-state index in [4.69, 9.17) is 5.11 Å². The highest BCUT2D eigenvalue weighted by Crippen LogP contribution is 2.68. The number of allylic oxidation sites excluding steroid dienone is 1. The van der Waals surface area contributed by atoms with Crippen molar-refractivity contribution in [3.8, 4) is 0 Å². The van der Waals surface area contributed by atoms with Crippen LogP contribution in [0, 0.1) is 53.3 Å². The minimum atomic E-state index is -0.802. The Labute approximate surface area is 202 Å². The number of carboxylic acids is 1. The van der Waals surface area contributed by atoms with Crippen LogP contribution in [0.1, 0.15) is 90.5 Å². The van der Waals surface area contributed by atoms with Gasteiger partial charge >= 0.3 is 5.97 Å². The third-order valence-corrected chi connectivity index (χ3v) is 10.8. The Balaban J connectivity index is 0.000000318. The summed E-state index contributed by atoms with van der Waals surface area (Å²) in [7, 11) is 0. The van der Waals surface area contributed by atoms with Crippen molar-refractivity contribution in [3.05, 3.63) is 48.0 Å². The first-order valence-electron chi connectivity index (χ1n) is 13.7. The molecule has 33 heavy (non-hydrogen) atoms. The molecule has 0 aromatic heterocycles. The highest BCUT2D eigenvalue weighted by Gasteiger charge is 2.59. The van der Waals surface area contributed by atoms with Gasteiger partial charge in [-0.1, -0.05) is 75.6 Å². The Hall–Kier alpha value is -1.57. The third kappa shape index (κ3) is 4.82. The van der Waals surface area contributed by atoms with Crippen LogP contribution >= 0.6 is 0 Å². The van der Waals surface area contributed by atoms with Crippen LogP contribution in [0.4, 0.5) is 0 Å². The van der Waals surface area contributed by atoms with E-state index in [1.165, 1.54) is 75.8 Å². The number of hydrogen-bond donors (Lipinski definition) is 1. The van der Waals surface area contributed by atoms with E-state index in [-0.39, 0.29) is 0 Å². The molecule has 182 valence electrons. The van der Waals surface area contributed by atoms with Crippen molar-refractivity contribution in [2.24, 2.45) is 46.3 Å². The standard InChI is InChI=1S/C24H38O2.C7H8/c1-16(7-12-22(25)26)19-10-11-20-18-9-8-17-6-4-5-14-23(17,2)21(18)13-15-24(19,20)3;1-7-5-3-2-4-6-7/h7,12,16-21H,4-6,8-11,13-15H2,1-3H3,(H,25,26);2-6H,1H3/t16?,17?,18-,19+,20-,21-,23-,24+;/m0./s1. The van der Waals surface area contributed by atoms with Gasteiger partial charge in [-0.05, 0) is 105 Å². The molecule has 2 nitrogen and oxygen atoms in total. The number of rotatable bonds is 3. The lowest BCUT2D eigenvalue weighted by atomic mass is 9.44. The summed E-state index contributed by atoms with van der Waals surface area (Å²) in [5.41, 5.74) is 2.37. The molecular formula is C31H46O2. The third-order valence-electron chi connectivity index (χ3n) is 10.8. The maximum absolute atomic E-state index is 11.0. The Kier molecular flexibility index (Phi) is 7.41. The molecule has 4 aliphatic rings. The molecule has 1 aromatic rings. The second-order valence-corrected chi connectivity index (χ2v) is 12.3. The minimum Gasteiger partial charge on any atom is -0.478 e. The van der Waals surface area contributed by atoms with Crippen LogP contribution in [0.3, 0.4) is 0 Å². The van der Waals surface area contributed by atoms with Crippen LogP contribution in [-0.4, -0.2) is 11.1 Å². The van der Waals surface area contributed by atoms with Gasteiger partial charge in [0.25, 0.3) is 0 Å². The van der Waals surface area contributed by atoms with Crippen molar-refractivity contribution in [2.75, 3.05) is 0 Å². The van der Waals surface area contributed by atoms with Gasteiger partial charge in [0.2, 0.25) is 0 Å². The molecule has 4 aliphatic carbocycles. The zero-order valence-corrected chi connectivity index (χ0v) is 21.4. The Morgan fingerprint density at radius 3 is 2.33 bits per heavy atom. The first-order chi connectivity index (χ1) is 15.8. The van der Waals surface area contributed by atoms with Crippen molar-refractivity contribution in [1.29, 1.82) is 0 Å². The van der Waals surface area contributed by atoms with Crippen molar-refractivity contribution >= 4 is 5.97 Å². The summed E-state index contributed by atoms with van der Waals surface area (Å²) >= 11 is 0. The average molecular weight is 451 g/mol. The van der Waals surface area contributed by atoms with Gasteiger partial charge in [0, 0.05) is 6.08 Å². The monoisotopic (exact) mass is 450 g/mol. The SMILES string of the molecule is CC(C=CC(=O)O)[C@H]1CC[C@H]2[C@@H]3CCC4CCCC[C@]4(C)[C@H]3CC[C@]12C.Cc1ccccc1. The van der Waals surface area contributed by atoms with Gasteiger partial charge in [-0.2, -0.15) is 0 Å². The van der Waals surface area contributed by atoms with Crippen LogP contribution in [0.2, 0.25) is 0 Å². The Morgan fingerprint density at radius 2 is 1.67 bits per heavy atom. The second kappa shape index (κ2) is 9.96. The fourth-order valence-electron chi connectivity index (χ4n) is 9.10. The number of fused-ring (bicyclic) bond motifs is 5. The van der Waals surface area contributed by atoms with Gasteiger partial charge in [-0.3, -0.25) is 0 Å². The molecular weight excluding hydrogens is 404 g/mol. The molecule has 4 saturated carbocycles. The molecule has 5 rings (SSSR count). The Bertz CT molecular complexity index is 829. The van der Waals surface area contributed by atoms with Gasteiger partial charge in [0.05, 0.1) is 0 Å². The minimum absolute atomic E-state index is 0.388. The first-order valence-corrected chi connectivity index (χ1v) is 13.7. The lowest BCUT2D eigenvalue weighted by Crippen LogP contribution is -2.53. The summed E-state index contributed by atoms with van der Waals surface area (Å²) in [5, 5.41) is 9.01. The van der Waals surface area contributed by atoms with Gasteiger partial charge < -0.3 is 5.11 Å². The van der Waals surface area contributed by atoms with E-state index in [0.29, 0.717) is 22.7 Å². The van der Waals surface area contributed by atoms with Crippen molar-refractivity contribution in [2.45, 2.75) is 91.9 Å². The second-order valence-electron chi connectivity index (χ2n) is 12.3. The van der Waals surface area contributed by atoms with Crippen LogP contribution in [0.5, 0.6) is 0 Å². The number of carboxylic acid groups (broad SMARTS) is 1. The predicted molar refractivity (Wildman–Crippen MR) is 137 cm³/mol. The largest absolute Gasteiger partial charge is 0.478 e. The molecule has 2 heteroatoms. The van der Waals surface area contributed by atoms with E-state index in [0.717, 1.165) is 23.7 Å². The fraction of sp³-hybridized carbons (Fsp3) is 0.710. The maximum atomic E-state index is 11.0. The van der Waals surface area contributed by atoms with E-state index in [2.05, 4.69) is 39.8 Å². The molecule has 0 amide bonds. The normalized spacial score (nSPS) is 40.7. The molecule has 4 fully saturated rings. The maximum Gasteiger partial charge on any atom is 0.327 e. The van der Waals surface area contributed by atoms with E-state index in [1.807, 2.05) is 24.3 Å².